The summed E-state index contributed by atoms with van der Waals surface area (Å²) in [5, 5.41) is 0. The van der Waals surface area contributed by atoms with E-state index in [1.54, 1.807) is 6.92 Å². The molecule has 1 heterocycles. The molecule has 0 spiro atoms. The van der Waals surface area contributed by atoms with E-state index in [9.17, 15) is 14.4 Å². The van der Waals surface area contributed by atoms with E-state index in [4.69, 9.17) is 14.2 Å². The highest BCUT2D eigenvalue weighted by atomic mass is 16.6. The first-order chi connectivity index (χ1) is 15.8. The molecular formula is C28H44O6. The van der Waals surface area contributed by atoms with Crippen LogP contribution in [0, 0.1) is 34.5 Å². The third-order valence-corrected chi connectivity index (χ3v) is 9.95. The standard InChI is InChI=1S/C28H44O6/c1-7-26(4,24(31)33-27(5)10-11-32-22(29)17-27)9-8-25(2,3)23(30)34-28(6)20-13-18-12-19(15-20)16-21(28)14-18/h18-21H,7-17H2,1-6H3. The minimum Gasteiger partial charge on any atom is -0.465 e. The minimum absolute atomic E-state index is 0.0823. The molecule has 0 aromatic heterocycles. The van der Waals surface area contributed by atoms with E-state index in [1.165, 1.54) is 32.1 Å². The number of ether oxygens (including phenoxy) is 3. The summed E-state index contributed by atoms with van der Waals surface area (Å²) in [6.45, 7) is 12.0. The Morgan fingerprint density at radius 2 is 1.53 bits per heavy atom. The lowest BCUT2D eigenvalue weighted by atomic mass is 9.50. The van der Waals surface area contributed by atoms with Gasteiger partial charge in [-0.1, -0.05) is 6.92 Å². The maximum absolute atomic E-state index is 13.5. The zero-order valence-corrected chi connectivity index (χ0v) is 22.0. The van der Waals surface area contributed by atoms with Crippen molar-refractivity contribution in [1.82, 2.24) is 0 Å². The first-order valence-corrected chi connectivity index (χ1v) is 13.4. The maximum atomic E-state index is 13.5. The Balaban J connectivity index is 1.37. The summed E-state index contributed by atoms with van der Waals surface area (Å²) in [4.78, 5) is 38.4. The average molecular weight is 477 g/mol. The molecule has 0 amide bonds. The van der Waals surface area contributed by atoms with E-state index in [2.05, 4.69) is 6.92 Å². The van der Waals surface area contributed by atoms with Gasteiger partial charge in [0.1, 0.15) is 11.2 Å². The second-order valence-electron chi connectivity index (χ2n) is 13.2. The van der Waals surface area contributed by atoms with Crippen molar-refractivity contribution in [3.8, 4) is 0 Å². The van der Waals surface area contributed by atoms with Gasteiger partial charge >= 0.3 is 17.9 Å². The Kier molecular flexibility index (Phi) is 6.61. The maximum Gasteiger partial charge on any atom is 0.312 e. The third-order valence-electron chi connectivity index (χ3n) is 9.95. The smallest absolute Gasteiger partial charge is 0.312 e. The second-order valence-corrected chi connectivity index (χ2v) is 13.2. The van der Waals surface area contributed by atoms with Crippen LogP contribution in [0.4, 0.5) is 0 Å². The quantitative estimate of drug-likeness (QED) is 0.335. The molecule has 34 heavy (non-hydrogen) atoms. The van der Waals surface area contributed by atoms with Gasteiger partial charge in [0.05, 0.1) is 23.9 Å². The van der Waals surface area contributed by atoms with Crippen molar-refractivity contribution in [2.45, 2.75) is 117 Å². The number of cyclic esters (lactones) is 1. The van der Waals surface area contributed by atoms with E-state index >= 15 is 0 Å². The molecule has 0 N–H and O–H groups in total. The predicted molar refractivity (Wildman–Crippen MR) is 128 cm³/mol. The van der Waals surface area contributed by atoms with Crippen molar-refractivity contribution in [3.05, 3.63) is 0 Å². The van der Waals surface area contributed by atoms with Crippen LogP contribution in [0.5, 0.6) is 0 Å². The van der Waals surface area contributed by atoms with Gasteiger partial charge in [-0.2, -0.15) is 0 Å². The molecule has 192 valence electrons. The van der Waals surface area contributed by atoms with Crippen molar-refractivity contribution < 1.29 is 28.6 Å². The molecule has 2 atom stereocenters. The number of carbonyl (C=O) groups excluding carboxylic acids is 3. The highest BCUT2D eigenvalue weighted by molar-refractivity contribution is 5.79. The number of carbonyl (C=O) groups is 3. The van der Waals surface area contributed by atoms with Crippen LogP contribution in [0.2, 0.25) is 0 Å². The molecule has 5 aliphatic rings. The zero-order valence-electron chi connectivity index (χ0n) is 22.0. The van der Waals surface area contributed by atoms with E-state index in [0.29, 0.717) is 37.5 Å². The molecular weight excluding hydrogens is 432 g/mol. The van der Waals surface area contributed by atoms with Crippen molar-refractivity contribution in [2.24, 2.45) is 34.5 Å². The second kappa shape index (κ2) is 8.81. The fourth-order valence-electron chi connectivity index (χ4n) is 7.00. The molecule has 4 aliphatic carbocycles. The lowest BCUT2D eigenvalue weighted by molar-refractivity contribution is -0.212. The van der Waals surface area contributed by atoms with E-state index in [-0.39, 0.29) is 36.5 Å². The number of esters is 3. The van der Waals surface area contributed by atoms with E-state index in [0.717, 1.165) is 11.8 Å². The molecule has 5 rings (SSSR count). The Bertz CT molecular complexity index is 803. The summed E-state index contributed by atoms with van der Waals surface area (Å²) < 4.78 is 17.3. The van der Waals surface area contributed by atoms with Gasteiger partial charge in [-0.25, -0.2) is 0 Å². The van der Waals surface area contributed by atoms with Crippen molar-refractivity contribution >= 4 is 17.9 Å². The average Bonchev–Trinajstić information content (AvgIpc) is 2.75. The van der Waals surface area contributed by atoms with Crippen LogP contribution in [-0.4, -0.2) is 35.7 Å². The summed E-state index contributed by atoms with van der Waals surface area (Å²) in [5.74, 6) is 1.85. The summed E-state index contributed by atoms with van der Waals surface area (Å²) in [6.07, 6.45) is 8.42. The van der Waals surface area contributed by atoms with Gasteiger partial charge in [0.15, 0.2) is 0 Å². The summed E-state index contributed by atoms with van der Waals surface area (Å²) in [5.41, 5.74) is -2.59. The first-order valence-electron chi connectivity index (χ1n) is 13.4. The molecule has 0 radical (unpaired) electrons. The van der Waals surface area contributed by atoms with E-state index < -0.39 is 16.4 Å². The summed E-state index contributed by atoms with van der Waals surface area (Å²) >= 11 is 0. The van der Waals surface area contributed by atoms with Crippen molar-refractivity contribution in [1.29, 1.82) is 0 Å². The molecule has 0 aromatic rings. The minimum atomic E-state index is -0.828. The Morgan fingerprint density at radius 1 is 0.941 bits per heavy atom. The van der Waals surface area contributed by atoms with Gasteiger partial charge in [0.25, 0.3) is 0 Å². The predicted octanol–water partition coefficient (Wildman–Crippen LogP) is 5.61. The van der Waals surface area contributed by atoms with Crippen LogP contribution < -0.4 is 0 Å². The molecule has 2 unspecified atom stereocenters. The molecule has 4 bridgehead atoms. The third kappa shape index (κ3) is 4.75. The van der Waals surface area contributed by atoms with Gasteiger partial charge < -0.3 is 14.2 Å². The zero-order chi connectivity index (χ0) is 24.9. The molecule has 1 saturated heterocycles. The summed E-state index contributed by atoms with van der Waals surface area (Å²) in [6, 6.07) is 0. The lowest BCUT2D eigenvalue weighted by Crippen LogP contribution is -2.58. The van der Waals surface area contributed by atoms with Gasteiger partial charge in [-0.3, -0.25) is 14.4 Å². The molecule has 4 saturated carbocycles. The lowest BCUT2D eigenvalue weighted by Gasteiger charge is -2.59. The van der Waals surface area contributed by atoms with Crippen LogP contribution in [-0.2, 0) is 28.6 Å². The molecule has 6 nitrogen and oxygen atoms in total. The number of rotatable bonds is 8. The molecule has 5 fully saturated rings. The largest absolute Gasteiger partial charge is 0.465 e. The highest BCUT2D eigenvalue weighted by Crippen LogP contribution is 2.59. The fraction of sp³-hybridized carbons (Fsp3) is 0.893. The molecule has 0 aromatic carbocycles. The number of hydrogen-bond donors (Lipinski definition) is 0. The highest BCUT2D eigenvalue weighted by Gasteiger charge is 2.57. The normalized spacial score (nSPS) is 38.7. The van der Waals surface area contributed by atoms with Gasteiger partial charge in [-0.15, -0.1) is 0 Å². The Hall–Kier alpha value is -1.59. The topological polar surface area (TPSA) is 78.9 Å². The SMILES string of the molecule is CCC(C)(CCC(C)(C)C(=O)OC1(C)C2CC3CC(C2)CC1C3)C(=O)OC1(C)CCOC(=O)C1. The van der Waals surface area contributed by atoms with Crippen LogP contribution in [0.25, 0.3) is 0 Å². The first kappa shape index (κ1) is 25.5. The fourth-order valence-corrected chi connectivity index (χ4v) is 7.00. The van der Waals surface area contributed by atoms with Crippen molar-refractivity contribution in [3.63, 3.8) is 0 Å². The van der Waals surface area contributed by atoms with Gasteiger partial charge in [0, 0.05) is 6.42 Å². The van der Waals surface area contributed by atoms with E-state index in [1.807, 2.05) is 27.7 Å². The Labute approximate surface area is 204 Å². The Morgan fingerprint density at radius 3 is 2.06 bits per heavy atom. The number of hydrogen-bond acceptors (Lipinski definition) is 6. The summed E-state index contributed by atoms with van der Waals surface area (Å²) in [7, 11) is 0. The van der Waals surface area contributed by atoms with Crippen LogP contribution in [0.3, 0.4) is 0 Å². The van der Waals surface area contributed by atoms with Crippen LogP contribution in [0.15, 0.2) is 0 Å². The monoisotopic (exact) mass is 476 g/mol. The van der Waals surface area contributed by atoms with Crippen LogP contribution in [0.1, 0.15) is 106 Å². The van der Waals surface area contributed by atoms with Crippen molar-refractivity contribution in [2.75, 3.05) is 6.61 Å². The van der Waals surface area contributed by atoms with Crippen LogP contribution >= 0.6 is 0 Å². The van der Waals surface area contributed by atoms with Gasteiger partial charge in [0.2, 0.25) is 0 Å². The molecule has 6 heteroatoms. The van der Waals surface area contributed by atoms with Gasteiger partial charge in [-0.05, 0) is 110 Å². The molecule has 1 aliphatic heterocycles.